The van der Waals surface area contributed by atoms with Gasteiger partial charge in [0.2, 0.25) is 0 Å². The van der Waals surface area contributed by atoms with Gasteiger partial charge in [0, 0.05) is 25.5 Å². The molecule has 0 aromatic carbocycles. The summed E-state index contributed by atoms with van der Waals surface area (Å²) < 4.78 is 4.25. The van der Waals surface area contributed by atoms with Gasteiger partial charge in [0.1, 0.15) is 10.8 Å². The van der Waals surface area contributed by atoms with Crippen LogP contribution < -0.4 is 11.1 Å². The highest BCUT2D eigenvalue weighted by molar-refractivity contribution is 7.11. The molecule has 0 atom stereocenters. The maximum atomic E-state index is 5.99. The highest BCUT2D eigenvalue weighted by atomic mass is 32.1. The first-order valence-corrected chi connectivity index (χ1v) is 7.65. The predicted molar refractivity (Wildman–Crippen MR) is 86.0 cm³/mol. The Hall–Kier alpha value is -1.66. The second-order valence-corrected chi connectivity index (χ2v) is 5.23. The Morgan fingerprint density at radius 2 is 1.95 bits per heavy atom. The molecule has 0 amide bonds. The van der Waals surface area contributed by atoms with Crippen LogP contribution in [-0.4, -0.2) is 40.4 Å². The van der Waals surface area contributed by atoms with E-state index in [0.29, 0.717) is 5.82 Å². The van der Waals surface area contributed by atoms with Crippen LogP contribution in [0, 0.1) is 0 Å². The van der Waals surface area contributed by atoms with Gasteiger partial charge in [-0.05, 0) is 42.3 Å². The molecule has 0 radical (unpaired) electrons. The summed E-state index contributed by atoms with van der Waals surface area (Å²) in [6.45, 7) is 8.40. The zero-order chi connectivity index (χ0) is 14.4. The van der Waals surface area contributed by atoms with Gasteiger partial charge in [-0.1, -0.05) is 13.8 Å². The van der Waals surface area contributed by atoms with E-state index in [4.69, 9.17) is 5.73 Å². The molecule has 2 heterocycles. The molecule has 0 saturated heterocycles. The van der Waals surface area contributed by atoms with E-state index in [0.717, 1.165) is 42.3 Å². The van der Waals surface area contributed by atoms with E-state index in [2.05, 4.69) is 33.4 Å². The van der Waals surface area contributed by atoms with Gasteiger partial charge in [-0.2, -0.15) is 4.37 Å². The first kappa shape index (κ1) is 14.7. The van der Waals surface area contributed by atoms with Crippen molar-refractivity contribution in [3.63, 3.8) is 0 Å². The van der Waals surface area contributed by atoms with Gasteiger partial charge in [0.25, 0.3) is 0 Å². The molecule has 0 aliphatic carbocycles. The molecular weight excluding hydrogens is 270 g/mol. The summed E-state index contributed by atoms with van der Waals surface area (Å²) in [5, 5.41) is 4.47. The summed E-state index contributed by atoms with van der Waals surface area (Å²) in [6, 6.07) is 3.91. The van der Waals surface area contributed by atoms with Crippen LogP contribution in [0.3, 0.4) is 0 Å². The lowest BCUT2D eigenvalue weighted by Crippen LogP contribution is -2.28. The molecule has 20 heavy (non-hydrogen) atoms. The number of anilines is 2. The van der Waals surface area contributed by atoms with Crippen LogP contribution in [-0.2, 0) is 0 Å². The lowest BCUT2D eigenvalue weighted by atomic mass is 10.1. The minimum Gasteiger partial charge on any atom is -0.382 e. The monoisotopic (exact) mass is 291 g/mol. The summed E-state index contributed by atoms with van der Waals surface area (Å²) >= 11 is 1.41. The maximum absolute atomic E-state index is 5.99. The minimum atomic E-state index is 0.575. The van der Waals surface area contributed by atoms with E-state index in [1.165, 1.54) is 11.5 Å². The van der Waals surface area contributed by atoms with Gasteiger partial charge >= 0.3 is 0 Å². The third-order valence-electron chi connectivity index (χ3n) is 3.30. The zero-order valence-electron chi connectivity index (χ0n) is 12.0. The molecule has 2 rings (SSSR count). The van der Waals surface area contributed by atoms with Crippen molar-refractivity contribution in [3.05, 3.63) is 24.5 Å². The molecule has 0 aliphatic heterocycles. The van der Waals surface area contributed by atoms with E-state index in [-0.39, 0.29) is 0 Å². The van der Waals surface area contributed by atoms with Crippen molar-refractivity contribution in [3.8, 4) is 11.1 Å². The topological polar surface area (TPSA) is 67.1 Å². The van der Waals surface area contributed by atoms with Crippen molar-refractivity contribution in [2.24, 2.45) is 0 Å². The fraction of sp³-hybridized carbons (Fsp3) is 0.429. The largest absolute Gasteiger partial charge is 0.382 e. The number of likely N-dealkylation sites (N-methyl/N-ethyl adjacent to an activating group) is 1. The summed E-state index contributed by atoms with van der Waals surface area (Å²) in [6.07, 6.45) is 3.54. The average Bonchev–Trinajstić information content (AvgIpc) is 2.85. The Bertz CT molecular complexity index is 522. The second kappa shape index (κ2) is 7.21. The van der Waals surface area contributed by atoms with Crippen LogP contribution >= 0.6 is 11.5 Å². The quantitative estimate of drug-likeness (QED) is 0.820. The van der Waals surface area contributed by atoms with E-state index in [1.54, 1.807) is 12.4 Å². The number of nitrogen functional groups attached to an aromatic ring is 1. The summed E-state index contributed by atoms with van der Waals surface area (Å²) in [5.41, 5.74) is 8.02. The van der Waals surface area contributed by atoms with Crippen molar-refractivity contribution in [1.82, 2.24) is 14.3 Å². The molecule has 2 aromatic heterocycles. The molecule has 0 spiro atoms. The molecule has 5 nitrogen and oxygen atoms in total. The highest BCUT2D eigenvalue weighted by Crippen LogP contribution is 2.36. The fourth-order valence-electron chi connectivity index (χ4n) is 2.09. The summed E-state index contributed by atoms with van der Waals surface area (Å²) in [4.78, 5) is 6.42. The van der Waals surface area contributed by atoms with Crippen LogP contribution in [0.25, 0.3) is 11.1 Å². The number of hydrogen-bond donors (Lipinski definition) is 2. The molecule has 0 aliphatic rings. The van der Waals surface area contributed by atoms with Gasteiger partial charge in [-0.15, -0.1) is 0 Å². The number of pyridine rings is 1. The number of rotatable bonds is 7. The second-order valence-electron chi connectivity index (χ2n) is 4.46. The highest BCUT2D eigenvalue weighted by Gasteiger charge is 2.13. The Labute approximate surface area is 124 Å². The third kappa shape index (κ3) is 3.46. The number of nitrogens with one attached hydrogen (secondary N) is 1. The van der Waals surface area contributed by atoms with Crippen LogP contribution in [0.1, 0.15) is 13.8 Å². The minimum absolute atomic E-state index is 0.575. The summed E-state index contributed by atoms with van der Waals surface area (Å²) in [5.74, 6) is 0.575. The molecular formula is C14H21N5S. The Morgan fingerprint density at radius 3 is 2.60 bits per heavy atom. The Balaban J connectivity index is 2.06. The van der Waals surface area contributed by atoms with Gasteiger partial charge in [-0.3, -0.25) is 4.98 Å². The molecule has 0 fully saturated rings. The van der Waals surface area contributed by atoms with E-state index >= 15 is 0 Å². The van der Waals surface area contributed by atoms with E-state index < -0.39 is 0 Å². The van der Waals surface area contributed by atoms with Crippen molar-refractivity contribution >= 4 is 22.4 Å². The zero-order valence-corrected chi connectivity index (χ0v) is 12.8. The summed E-state index contributed by atoms with van der Waals surface area (Å²) in [7, 11) is 0. The first-order valence-electron chi connectivity index (χ1n) is 6.88. The lowest BCUT2D eigenvalue weighted by Gasteiger charge is -2.18. The fourth-order valence-corrected chi connectivity index (χ4v) is 2.85. The standard InChI is InChI=1S/C14H21N5S/c1-3-19(4-2)10-9-17-14-12(13(15)18-20-14)11-5-7-16-8-6-11/h5-8,17H,3-4,9-10H2,1-2H3,(H2,15,18). The molecule has 108 valence electrons. The van der Waals surface area contributed by atoms with Gasteiger partial charge < -0.3 is 16.0 Å². The normalized spacial score (nSPS) is 10.9. The van der Waals surface area contributed by atoms with Gasteiger partial charge in [0.05, 0.1) is 5.56 Å². The van der Waals surface area contributed by atoms with Crippen molar-refractivity contribution in [1.29, 1.82) is 0 Å². The molecule has 6 heteroatoms. The Morgan fingerprint density at radius 1 is 1.25 bits per heavy atom. The van der Waals surface area contributed by atoms with Crippen molar-refractivity contribution in [2.75, 3.05) is 37.2 Å². The number of nitrogens with zero attached hydrogens (tertiary/aromatic N) is 3. The first-order chi connectivity index (χ1) is 9.76. The smallest absolute Gasteiger partial charge is 0.147 e. The number of nitrogens with two attached hydrogens (primary N) is 1. The van der Waals surface area contributed by atoms with Crippen LogP contribution in [0.4, 0.5) is 10.8 Å². The molecule has 0 unspecified atom stereocenters. The molecule has 3 N–H and O–H groups in total. The number of hydrogen-bond acceptors (Lipinski definition) is 6. The molecule has 0 saturated carbocycles. The van der Waals surface area contributed by atoms with Crippen molar-refractivity contribution < 1.29 is 0 Å². The van der Waals surface area contributed by atoms with Crippen LogP contribution in [0.15, 0.2) is 24.5 Å². The van der Waals surface area contributed by atoms with E-state index in [9.17, 15) is 0 Å². The van der Waals surface area contributed by atoms with Gasteiger partial charge in [0.15, 0.2) is 0 Å². The predicted octanol–water partition coefficient (Wildman–Crippen LogP) is 2.54. The Kier molecular flexibility index (Phi) is 5.31. The van der Waals surface area contributed by atoms with Crippen LogP contribution in [0.5, 0.6) is 0 Å². The average molecular weight is 291 g/mol. The molecule has 2 aromatic rings. The van der Waals surface area contributed by atoms with Crippen molar-refractivity contribution in [2.45, 2.75) is 13.8 Å². The lowest BCUT2D eigenvalue weighted by molar-refractivity contribution is 0.316. The van der Waals surface area contributed by atoms with E-state index in [1.807, 2.05) is 12.1 Å². The third-order valence-corrected chi connectivity index (χ3v) is 4.11. The number of aromatic nitrogens is 2. The molecule has 0 bridgehead atoms. The van der Waals surface area contributed by atoms with Crippen LogP contribution in [0.2, 0.25) is 0 Å². The maximum Gasteiger partial charge on any atom is 0.147 e. The SMILES string of the molecule is CCN(CC)CCNc1snc(N)c1-c1ccncc1. The van der Waals surface area contributed by atoms with Gasteiger partial charge in [-0.25, -0.2) is 0 Å².